The molecule has 0 radical (unpaired) electrons. The van der Waals surface area contributed by atoms with Gasteiger partial charge in [0.1, 0.15) is 17.2 Å². The number of aromatic amines is 1. The SMILES string of the molecule is C.COc1ccc(/C=C/B(O)O)cc1.COc1ccc(/C=C/n2c(=O)sc3ccccc32)cc1.O=c1[nH]c2ccccc2s1.O=c1sc2ccccc2n1/C=C/c1ccc(O)cc1. The zero-order valence-electron chi connectivity index (χ0n) is 33.4. The van der Waals surface area contributed by atoms with E-state index in [2.05, 4.69) is 4.98 Å². The minimum absolute atomic E-state index is 0. The number of H-pyrrole nitrogens is 1. The van der Waals surface area contributed by atoms with Crippen molar-refractivity contribution in [3.05, 3.63) is 197 Å². The van der Waals surface area contributed by atoms with Gasteiger partial charge in [0.15, 0.2) is 0 Å². The van der Waals surface area contributed by atoms with Crippen molar-refractivity contribution in [3.8, 4) is 17.2 Å². The lowest BCUT2D eigenvalue weighted by molar-refractivity contribution is 0.414. The molecule has 11 nitrogen and oxygen atoms in total. The highest BCUT2D eigenvalue weighted by molar-refractivity contribution is 7.17. The molecule has 0 fully saturated rings. The summed E-state index contributed by atoms with van der Waals surface area (Å²) >= 11 is 3.73. The molecule has 3 aromatic heterocycles. The third kappa shape index (κ3) is 13.5. The van der Waals surface area contributed by atoms with Gasteiger partial charge >= 0.3 is 21.7 Å². The van der Waals surface area contributed by atoms with Crippen LogP contribution >= 0.6 is 34.0 Å². The Morgan fingerprint density at radius 2 is 0.952 bits per heavy atom. The van der Waals surface area contributed by atoms with E-state index in [4.69, 9.17) is 19.5 Å². The molecule has 0 saturated carbocycles. The van der Waals surface area contributed by atoms with Crippen molar-refractivity contribution in [2.45, 2.75) is 7.43 Å². The maximum absolute atomic E-state index is 12.0. The molecule has 0 aliphatic heterocycles. The fraction of sp³-hybridized carbons (Fsp3) is 0.0625. The van der Waals surface area contributed by atoms with Crippen LogP contribution in [0.25, 0.3) is 61.3 Å². The van der Waals surface area contributed by atoms with Gasteiger partial charge in [-0.25, -0.2) is 0 Å². The van der Waals surface area contributed by atoms with Gasteiger partial charge in [0, 0.05) is 12.4 Å². The molecule has 0 bridgehead atoms. The Hall–Kier alpha value is -7.01. The second-order valence-corrected chi connectivity index (χ2v) is 16.0. The van der Waals surface area contributed by atoms with Crippen molar-refractivity contribution >= 4 is 102 Å². The van der Waals surface area contributed by atoms with E-state index in [0.29, 0.717) is 0 Å². The summed E-state index contributed by atoms with van der Waals surface area (Å²) in [5, 5.41) is 26.3. The van der Waals surface area contributed by atoms with E-state index in [-0.39, 0.29) is 27.8 Å². The Kier molecular flexibility index (Phi) is 17.4. The van der Waals surface area contributed by atoms with Gasteiger partial charge in [-0.15, -0.1) is 0 Å². The first-order valence-electron chi connectivity index (χ1n) is 18.9. The Morgan fingerprint density at radius 1 is 0.540 bits per heavy atom. The first kappa shape index (κ1) is 47.1. The number of rotatable bonds is 8. The summed E-state index contributed by atoms with van der Waals surface area (Å²) in [7, 11) is 1.84. The van der Waals surface area contributed by atoms with Crippen molar-refractivity contribution in [1.29, 1.82) is 0 Å². The highest BCUT2D eigenvalue weighted by Gasteiger charge is 2.05. The third-order valence-electron chi connectivity index (χ3n) is 8.78. The molecule has 0 unspecified atom stereocenters. The molecule has 3 heterocycles. The average Bonchev–Trinajstić information content (AvgIpc) is 3.95. The van der Waals surface area contributed by atoms with Crippen molar-refractivity contribution < 1.29 is 24.6 Å². The molecule has 9 rings (SSSR count). The van der Waals surface area contributed by atoms with Crippen molar-refractivity contribution in [1.82, 2.24) is 14.1 Å². The minimum Gasteiger partial charge on any atom is -0.508 e. The average molecular weight is 898 g/mol. The van der Waals surface area contributed by atoms with Crippen LogP contribution in [0, 0.1) is 0 Å². The Balaban J connectivity index is 0.000000163. The summed E-state index contributed by atoms with van der Waals surface area (Å²) in [6.07, 6.45) is 8.96. The van der Waals surface area contributed by atoms with Crippen molar-refractivity contribution in [2.75, 3.05) is 14.2 Å². The van der Waals surface area contributed by atoms with E-state index in [9.17, 15) is 19.5 Å². The number of benzene rings is 6. The zero-order chi connectivity index (χ0) is 43.8. The molecular formula is C48H44BN3O8S3. The van der Waals surface area contributed by atoms with Gasteiger partial charge < -0.3 is 29.6 Å². The van der Waals surface area contributed by atoms with Crippen LogP contribution in [0.3, 0.4) is 0 Å². The third-order valence-corrected chi connectivity index (χ3v) is 11.5. The number of phenolic OH excluding ortho intramolecular Hbond substituents is 1. The topological polar surface area (TPSA) is 156 Å². The summed E-state index contributed by atoms with van der Waals surface area (Å²) in [6.45, 7) is 0. The highest BCUT2D eigenvalue weighted by Crippen LogP contribution is 2.20. The van der Waals surface area contributed by atoms with E-state index >= 15 is 0 Å². The van der Waals surface area contributed by atoms with E-state index in [1.54, 1.807) is 59.9 Å². The molecule has 6 aromatic carbocycles. The molecule has 4 N–H and O–H groups in total. The molecule has 0 spiro atoms. The smallest absolute Gasteiger partial charge is 0.480 e. The fourth-order valence-electron chi connectivity index (χ4n) is 5.68. The molecule has 0 atom stereocenters. The lowest BCUT2D eigenvalue weighted by atomic mass is 9.91. The number of aromatic hydroxyl groups is 1. The number of hydrogen-bond acceptors (Lipinski definition) is 11. The number of ether oxygens (including phenoxy) is 2. The van der Waals surface area contributed by atoms with Gasteiger partial charge in [0.25, 0.3) is 0 Å². The van der Waals surface area contributed by atoms with Crippen molar-refractivity contribution in [2.24, 2.45) is 0 Å². The Bertz CT molecular complexity index is 3070. The van der Waals surface area contributed by atoms with Gasteiger partial charge in [-0.05, 0) is 102 Å². The molecule has 63 heavy (non-hydrogen) atoms. The molecule has 9 aromatic rings. The number of nitrogens with one attached hydrogen (secondary N) is 1. The second-order valence-electron chi connectivity index (χ2n) is 13.0. The van der Waals surface area contributed by atoms with Gasteiger partial charge in [-0.1, -0.05) is 126 Å². The van der Waals surface area contributed by atoms with Crippen LogP contribution in [0.1, 0.15) is 24.1 Å². The largest absolute Gasteiger partial charge is 0.508 e. The fourth-order valence-corrected chi connectivity index (χ4v) is 8.14. The lowest BCUT2D eigenvalue weighted by Crippen LogP contribution is -2.05. The van der Waals surface area contributed by atoms with E-state index in [0.717, 1.165) is 58.8 Å². The van der Waals surface area contributed by atoms with Crippen LogP contribution < -0.4 is 24.1 Å². The summed E-state index contributed by atoms with van der Waals surface area (Å²) in [6, 6.07) is 45.0. The monoisotopic (exact) mass is 897 g/mol. The van der Waals surface area contributed by atoms with Crippen LogP contribution in [-0.2, 0) is 0 Å². The number of thiazole rings is 3. The summed E-state index contributed by atoms with van der Waals surface area (Å²) in [4.78, 5) is 37.4. The molecule has 0 aliphatic carbocycles. The van der Waals surface area contributed by atoms with E-state index < -0.39 is 7.12 Å². The molecule has 0 amide bonds. The second kappa shape index (κ2) is 23.3. The maximum atomic E-state index is 12.0. The predicted octanol–water partition coefficient (Wildman–Crippen LogP) is 10.0. The number of phenols is 1. The number of aromatic nitrogens is 3. The summed E-state index contributed by atoms with van der Waals surface area (Å²) < 4.78 is 16.4. The van der Waals surface area contributed by atoms with Crippen LogP contribution in [0.5, 0.6) is 17.2 Å². The number of nitrogens with zero attached hydrogens (tertiary/aromatic N) is 2. The molecule has 0 aliphatic rings. The normalized spacial score (nSPS) is 10.8. The van der Waals surface area contributed by atoms with Gasteiger partial charge in [-0.3, -0.25) is 23.5 Å². The molecule has 320 valence electrons. The number of fused-ring (bicyclic) bond motifs is 3. The summed E-state index contributed by atoms with van der Waals surface area (Å²) in [5.41, 5.74) is 5.62. The number of methoxy groups -OCH3 is 2. The van der Waals surface area contributed by atoms with Crippen molar-refractivity contribution in [3.63, 3.8) is 0 Å². The minimum atomic E-state index is -1.40. The number of hydrogen-bond donors (Lipinski definition) is 4. The highest BCUT2D eigenvalue weighted by atomic mass is 32.1. The van der Waals surface area contributed by atoms with Crippen LogP contribution in [0.2, 0.25) is 0 Å². The van der Waals surface area contributed by atoms with Crippen LogP contribution in [0.15, 0.2) is 166 Å². The zero-order valence-corrected chi connectivity index (χ0v) is 35.8. The van der Waals surface area contributed by atoms with Crippen LogP contribution in [-0.4, -0.2) is 50.6 Å². The lowest BCUT2D eigenvalue weighted by Gasteiger charge is -1.99. The summed E-state index contributed by atoms with van der Waals surface area (Å²) in [5.74, 6) is 3.12. The van der Waals surface area contributed by atoms with Gasteiger partial charge in [-0.2, -0.15) is 0 Å². The maximum Gasteiger partial charge on any atom is 0.480 e. The van der Waals surface area contributed by atoms with Gasteiger partial charge in [0.2, 0.25) is 0 Å². The molecular weight excluding hydrogens is 854 g/mol. The predicted molar refractivity (Wildman–Crippen MR) is 265 cm³/mol. The quantitative estimate of drug-likeness (QED) is 0.110. The van der Waals surface area contributed by atoms with E-state index in [1.807, 2.05) is 140 Å². The first-order chi connectivity index (χ1) is 30.1. The standard InChI is InChI=1S/C16H13NO2S.C15H11NO2S.C9H11BO3.C7H5NOS.CH4/c1-19-13-8-6-12(7-9-13)10-11-17-14-4-2-3-5-15(14)20-16(17)18;17-12-7-5-11(6-8-12)9-10-16-13-3-1-2-4-14(13)19-15(16)18;1-13-9-4-2-8(3-5-9)6-7-10(11)12;9-7-8-5-3-1-2-4-6(5)10-7;/h2-11H,1H3;1-10,17H;2-7,11-12H,1H3;1-4H,(H,8,9);1H4/b11-10+;10-9+;7-6+;;. The molecule has 0 saturated heterocycles. The molecule has 15 heteroatoms. The van der Waals surface area contributed by atoms with Crippen LogP contribution in [0.4, 0.5) is 0 Å². The first-order valence-corrected chi connectivity index (χ1v) is 21.3. The Morgan fingerprint density at radius 3 is 1.40 bits per heavy atom. The van der Waals surface area contributed by atoms with E-state index in [1.165, 1.54) is 40.0 Å². The Labute approximate surface area is 375 Å². The number of para-hydroxylation sites is 3. The van der Waals surface area contributed by atoms with Gasteiger partial charge in [0.05, 0.1) is 44.9 Å².